The molecule has 1 atom stereocenters. The van der Waals surface area contributed by atoms with Crippen molar-refractivity contribution in [3.05, 3.63) is 35.9 Å². The summed E-state index contributed by atoms with van der Waals surface area (Å²) in [6.07, 6.45) is 6.73. The summed E-state index contributed by atoms with van der Waals surface area (Å²) in [5.74, 6) is 0.791. The summed E-state index contributed by atoms with van der Waals surface area (Å²) < 4.78 is 4.86. The van der Waals surface area contributed by atoms with Gasteiger partial charge in [0, 0.05) is 19.6 Å². The molecule has 0 aliphatic carbocycles. The van der Waals surface area contributed by atoms with Gasteiger partial charge >= 0.3 is 6.09 Å². The highest BCUT2D eigenvalue weighted by Crippen LogP contribution is 2.25. The van der Waals surface area contributed by atoms with Gasteiger partial charge < -0.3 is 9.64 Å². The Balaban J connectivity index is 1.49. The van der Waals surface area contributed by atoms with Crippen LogP contribution in [0.2, 0.25) is 0 Å². The zero-order valence-electron chi connectivity index (χ0n) is 15.7. The fourth-order valence-electron chi connectivity index (χ4n) is 4.19. The molecule has 0 unspecified atom stereocenters. The summed E-state index contributed by atoms with van der Waals surface area (Å²) >= 11 is 0. The van der Waals surface area contributed by atoms with Gasteiger partial charge in [0.05, 0.1) is 7.11 Å². The number of amides is 2. The largest absolute Gasteiger partial charge is 0.453 e. The van der Waals surface area contributed by atoms with Crippen molar-refractivity contribution >= 4 is 12.0 Å². The maximum absolute atomic E-state index is 12.9. The number of likely N-dealkylation sites (tertiary alicyclic amines) is 2. The molecule has 142 valence electrons. The highest BCUT2D eigenvalue weighted by Gasteiger charge is 2.36. The molecule has 0 bridgehead atoms. The van der Waals surface area contributed by atoms with Crippen LogP contribution >= 0.6 is 0 Å². The van der Waals surface area contributed by atoms with Crippen molar-refractivity contribution in [3.8, 4) is 0 Å². The van der Waals surface area contributed by atoms with Gasteiger partial charge in [0.25, 0.3) is 0 Å². The van der Waals surface area contributed by atoms with E-state index in [9.17, 15) is 9.59 Å². The maximum Gasteiger partial charge on any atom is 0.410 e. The number of methoxy groups -OCH3 is 1. The first kappa shape index (κ1) is 18.7. The highest BCUT2D eigenvalue weighted by molar-refractivity contribution is 5.86. The normalized spacial score (nSPS) is 21.5. The number of benzene rings is 1. The summed E-state index contributed by atoms with van der Waals surface area (Å²) in [4.78, 5) is 28.5. The second kappa shape index (κ2) is 9.06. The summed E-state index contributed by atoms with van der Waals surface area (Å²) in [6, 6.07) is 10.3. The third-order valence-corrected chi connectivity index (χ3v) is 5.81. The molecule has 1 aromatic carbocycles. The zero-order chi connectivity index (χ0) is 18.4. The molecule has 2 fully saturated rings. The number of carbonyl (C=O) groups is 2. The molecule has 2 aliphatic rings. The molecule has 26 heavy (non-hydrogen) atoms. The molecule has 2 aliphatic heterocycles. The molecule has 0 spiro atoms. The molecule has 2 heterocycles. The predicted molar refractivity (Wildman–Crippen MR) is 101 cm³/mol. The van der Waals surface area contributed by atoms with Crippen molar-refractivity contribution < 1.29 is 14.3 Å². The van der Waals surface area contributed by atoms with Crippen LogP contribution in [-0.2, 0) is 16.0 Å². The summed E-state index contributed by atoms with van der Waals surface area (Å²) in [5, 5.41) is 0. The molecule has 0 N–H and O–H groups in total. The zero-order valence-corrected chi connectivity index (χ0v) is 15.7. The number of hydrogen-bond donors (Lipinski definition) is 0. The van der Waals surface area contributed by atoms with Gasteiger partial charge in [-0.2, -0.15) is 0 Å². The molecular weight excluding hydrogens is 328 g/mol. The summed E-state index contributed by atoms with van der Waals surface area (Å²) in [7, 11) is 1.39. The van der Waals surface area contributed by atoms with Crippen LogP contribution in [0.15, 0.2) is 30.3 Å². The molecule has 0 radical (unpaired) electrons. The van der Waals surface area contributed by atoms with Gasteiger partial charge in [-0.25, -0.2) is 4.79 Å². The van der Waals surface area contributed by atoms with Crippen molar-refractivity contribution in [2.75, 3.05) is 26.7 Å². The summed E-state index contributed by atoms with van der Waals surface area (Å²) in [5.41, 5.74) is 1.39. The minimum absolute atomic E-state index is 0.108. The van der Waals surface area contributed by atoms with Crippen LogP contribution in [0, 0.1) is 5.92 Å². The second-order valence-electron chi connectivity index (χ2n) is 7.47. The first-order valence-electron chi connectivity index (χ1n) is 9.86. The van der Waals surface area contributed by atoms with E-state index in [2.05, 4.69) is 30.3 Å². The van der Waals surface area contributed by atoms with Crippen LogP contribution < -0.4 is 0 Å². The Morgan fingerprint density at radius 3 is 2.46 bits per heavy atom. The van der Waals surface area contributed by atoms with Crippen molar-refractivity contribution in [1.29, 1.82) is 0 Å². The number of hydrogen-bond acceptors (Lipinski definition) is 3. The van der Waals surface area contributed by atoms with Crippen LogP contribution in [0.1, 0.15) is 44.1 Å². The van der Waals surface area contributed by atoms with Crippen molar-refractivity contribution in [2.45, 2.75) is 51.0 Å². The van der Waals surface area contributed by atoms with Crippen LogP contribution in [0.4, 0.5) is 4.79 Å². The number of aryl methyl sites for hydroxylation is 1. The van der Waals surface area contributed by atoms with Crippen LogP contribution in [-0.4, -0.2) is 54.6 Å². The smallest absolute Gasteiger partial charge is 0.410 e. The minimum Gasteiger partial charge on any atom is -0.453 e. The van der Waals surface area contributed by atoms with Gasteiger partial charge in [0.2, 0.25) is 5.91 Å². The quantitative estimate of drug-likeness (QED) is 0.828. The van der Waals surface area contributed by atoms with E-state index in [0.29, 0.717) is 12.5 Å². The molecular formula is C21H30N2O3. The predicted octanol–water partition coefficient (Wildman–Crippen LogP) is 3.48. The molecule has 0 aromatic heterocycles. The summed E-state index contributed by atoms with van der Waals surface area (Å²) in [6.45, 7) is 2.24. The lowest BCUT2D eigenvalue weighted by Crippen LogP contribution is -2.54. The number of rotatable bonds is 4. The fraction of sp³-hybridized carbons (Fsp3) is 0.619. The third-order valence-electron chi connectivity index (χ3n) is 5.81. The highest BCUT2D eigenvalue weighted by atomic mass is 16.5. The van der Waals surface area contributed by atoms with Gasteiger partial charge in [0.1, 0.15) is 6.04 Å². The standard InChI is InChI=1S/C21H30N2O3/c1-26-21(25)23-14-6-5-9-19(23)20(24)22-15-12-18(13-16-22)11-10-17-7-3-2-4-8-17/h2-4,7-8,18-19H,5-6,9-16H2,1H3/t19-/m0/s1. The number of nitrogens with zero attached hydrogens (tertiary/aromatic N) is 2. The monoisotopic (exact) mass is 358 g/mol. The first-order chi connectivity index (χ1) is 12.7. The third kappa shape index (κ3) is 4.57. The molecule has 1 aromatic rings. The average molecular weight is 358 g/mol. The number of carbonyl (C=O) groups excluding carboxylic acids is 2. The Bertz CT molecular complexity index is 597. The van der Waals surface area contributed by atoms with Gasteiger partial charge in [0.15, 0.2) is 0 Å². The van der Waals surface area contributed by atoms with E-state index in [1.165, 1.54) is 19.1 Å². The van der Waals surface area contributed by atoms with Gasteiger partial charge in [-0.15, -0.1) is 0 Å². The van der Waals surface area contributed by atoms with E-state index >= 15 is 0 Å². The molecule has 0 saturated carbocycles. The van der Waals surface area contributed by atoms with Gasteiger partial charge in [-0.05, 0) is 56.4 Å². The Morgan fingerprint density at radius 2 is 1.77 bits per heavy atom. The van der Waals surface area contributed by atoms with E-state index < -0.39 is 0 Å². The van der Waals surface area contributed by atoms with Crippen molar-refractivity contribution in [3.63, 3.8) is 0 Å². The minimum atomic E-state index is -0.374. The Hall–Kier alpha value is -2.04. The number of piperidine rings is 2. The Kier molecular flexibility index (Phi) is 6.53. The van der Waals surface area contributed by atoms with Gasteiger partial charge in [-0.3, -0.25) is 9.69 Å². The van der Waals surface area contributed by atoms with Gasteiger partial charge in [-0.1, -0.05) is 30.3 Å². The van der Waals surface area contributed by atoms with E-state index in [1.807, 2.05) is 4.90 Å². The van der Waals surface area contributed by atoms with E-state index in [1.54, 1.807) is 4.90 Å². The Labute approximate surface area is 156 Å². The topological polar surface area (TPSA) is 49.9 Å². The molecule has 2 amide bonds. The maximum atomic E-state index is 12.9. The molecule has 2 saturated heterocycles. The average Bonchev–Trinajstić information content (AvgIpc) is 2.72. The molecule has 5 heteroatoms. The lowest BCUT2D eigenvalue weighted by Gasteiger charge is -2.39. The number of ether oxygens (including phenoxy) is 1. The lowest BCUT2D eigenvalue weighted by molar-refractivity contribution is -0.139. The van der Waals surface area contributed by atoms with E-state index in [0.717, 1.165) is 51.6 Å². The van der Waals surface area contributed by atoms with E-state index in [4.69, 9.17) is 4.74 Å². The second-order valence-corrected chi connectivity index (χ2v) is 7.47. The SMILES string of the molecule is COC(=O)N1CCCC[C@H]1C(=O)N1CCC(CCc2ccccc2)CC1. The van der Waals surface area contributed by atoms with Crippen molar-refractivity contribution in [1.82, 2.24) is 9.80 Å². The first-order valence-corrected chi connectivity index (χ1v) is 9.86. The van der Waals surface area contributed by atoms with Crippen LogP contribution in [0.25, 0.3) is 0 Å². The fourth-order valence-corrected chi connectivity index (χ4v) is 4.19. The Morgan fingerprint density at radius 1 is 1.04 bits per heavy atom. The molecule has 3 rings (SSSR count). The van der Waals surface area contributed by atoms with Crippen LogP contribution in [0.5, 0.6) is 0 Å². The van der Waals surface area contributed by atoms with Crippen molar-refractivity contribution in [2.24, 2.45) is 5.92 Å². The molecule has 5 nitrogen and oxygen atoms in total. The lowest BCUT2D eigenvalue weighted by atomic mass is 9.90. The van der Waals surface area contributed by atoms with Crippen LogP contribution in [0.3, 0.4) is 0 Å². The van der Waals surface area contributed by atoms with E-state index in [-0.39, 0.29) is 18.0 Å².